The molecule has 1 nitrogen and oxygen atoms in total. The average Bonchev–Trinajstić information content (AvgIpc) is 2.17. The van der Waals surface area contributed by atoms with Crippen molar-refractivity contribution >= 4 is 0 Å². The second kappa shape index (κ2) is 6.20. The molecule has 138 valence electrons. The van der Waals surface area contributed by atoms with Crippen molar-refractivity contribution in [3.63, 3.8) is 0 Å². The molecule has 0 aromatic carbocycles. The van der Waals surface area contributed by atoms with E-state index in [-0.39, 0.29) is 5.41 Å². The lowest BCUT2D eigenvalue weighted by Crippen LogP contribution is -2.47. The lowest BCUT2D eigenvalue weighted by Gasteiger charge is -2.47. The number of alkyl halides is 6. The van der Waals surface area contributed by atoms with Gasteiger partial charge in [-0.3, -0.25) is 0 Å². The maximum Gasteiger partial charge on any atom is 0.434 e. The zero-order chi connectivity index (χ0) is 19.1. The van der Waals surface area contributed by atoms with Crippen LogP contribution in [0.15, 0.2) is 12.3 Å². The Morgan fingerprint density at radius 3 is 1.39 bits per heavy atom. The van der Waals surface area contributed by atoms with Gasteiger partial charge in [-0.2, -0.15) is 26.3 Å². The van der Waals surface area contributed by atoms with Crippen molar-refractivity contribution in [1.29, 1.82) is 0 Å². The van der Waals surface area contributed by atoms with Crippen LogP contribution in [0.1, 0.15) is 54.9 Å². The van der Waals surface area contributed by atoms with E-state index in [4.69, 9.17) is 0 Å². The molecule has 0 rings (SSSR count). The van der Waals surface area contributed by atoms with Gasteiger partial charge in [-0.1, -0.05) is 55.0 Å². The highest BCUT2D eigenvalue weighted by molar-refractivity contribution is 5.10. The van der Waals surface area contributed by atoms with Crippen molar-refractivity contribution in [2.75, 3.05) is 0 Å². The smallest absolute Gasteiger partial charge is 0.434 e. The maximum atomic E-state index is 12.7. The van der Waals surface area contributed by atoms with Crippen LogP contribution >= 0.6 is 0 Å². The summed E-state index contributed by atoms with van der Waals surface area (Å²) in [7, 11) is 0. The Hall–Kier alpha value is -0.880. The van der Waals surface area contributed by atoms with Gasteiger partial charge in [0.2, 0.25) is 0 Å². The van der Waals surface area contributed by atoms with E-state index in [2.05, 4.69) is 11.3 Å². The summed E-state index contributed by atoms with van der Waals surface area (Å²) < 4.78 is 80.6. The van der Waals surface area contributed by atoms with Gasteiger partial charge < -0.3 is 4.74 Å². The molecule has 0 aliphatic rings. The van der Waals surface area contributed by atoms with E-state index >= 15 is 0 Å². The summed E-state index contributed by atoms with van der Waals surface area (Å²) in [5.74, 6) is -0.500. The number of halogens is 6. The standard InChI is InChI=1S/C16H26F6O/c1-10(23-11(15(17,18)19)16(20,21)22)14(8,13(5,6)7)9-12(2,3)4/h11H,1,9H2,2-8H3. The van der Waals surface area contributed by atoms with Crippen LogP contribution in [0.3, 0.4) is 0 Å². The first-order valence-electron chi connectivity index (χ1n) is 7.21. The van der Waals surface area contributed by atoms with Crippen molar-refractivity contribution in [1.82, 2.24) is 0 Å². The highest BCUT2D eigenvalue weighted by Gasteiger charge is 2.60. The number of rotatable bonds is 4. The first kappa shape index (κ1) is 22.1. The number of hydrogen-bond donors (Lipinski definition) is 0. The van der Waals surface area contributed by atoms with Gasteiger partial charge in [0.15, 0.2) is 0 Å². The van der Waals surface area contributed by atoms with Crippen LogP contribution in [-0.2, 0) is 4.74 Å². The summed E-state index contributed by atoms with van der Waals surface area (Å²) in [4.78, 5) is 0. The average molecular weight is 348 g/mol. The molecule has 0 heterocycles. The quantitative estimate of drug-likeness (QED) is 0.416. The molecule has 1 unspecified atom stereocenters. The van der Waals surface area contributed by atoms with Crippen LogP contribution in [0.25, 0.3) is 0 Å². The highest BCUT2D eigenvalue weighted by atomic mass is 19.4. The molecule has 0 saturated heterocycles. The molecule has 0 aromatic rings. The third-order valence-corrected chi connectivity index (χ3v) is 4.01. The van der Waals surface area contributed by atoms with Crippen LogP contribution in [0.5, 0.6) is 0 Å². The number of allylic oxidation sites excluding steroid dienone is 1. The Kier molecular flexibility index (Phi) is 5.97. The first-order valence-corrected chi connectivity index (χ1v) is 7.21. The van der Waals surface area contributed by atoms with Gasteiger partial charge in [0.1, 0.15) is 0 Å². The molecule has 0 fully saturated rings. The SMILES string of the molecule is C=C(OC(C(F)(F)F)C(F)(F)F)C(C)(CC(C)(C)C)C(C)(C)C. The maximum absolute atomic E-state index is 12.7. The minimum absolute atomic E-state index is 0.324. The molecule has 0 aliphatic carbocycles. The van der Waals surface area contributed by atoms with Gasteiger partial charge in [-0.05, 0) is 17.3 Å². The Bertz CT molecular complexity index is 408. The second-order valence-electron chi connectivity index (χ2n) is 8.32. The summed E-state index contributed by atoms with van der Waals surface area (Å²) >= 11 is 0. The molecule has 0 aromatic heterocycles. The fourth-order valence-corrected chi connectivity index (χ4v) is 2.43. The topological polar surface area (TPSA) is 9.23 Å². The van der Waals surface area contributed by atoms with Gasteiger partial charge in [-0.25, -0.2) is 0 Å². The summed E-state index contributed by atoms with van der Waals surface area (Å²) in [5.41, 5.74) is -2.04. The van der Waals surface area contributed by atoms with Crippen LogP contribution in [-0.4, -0.2) is 18.5 Å². The molecule has 0 aliphatic heterocycles. The minimum Gasteiger partial charge on any atom is -0.476 e. The fraction of sp³-hybridized carbons (Fsp3) is 0.875. The van der Waals surface area contributed by atoms with E-state index in [0.29, 0.717) is 6.42 Å². The molecule has 0 spiro atoms. The lowest BCUT2D eigenvalue weighted by atomic mass is 9.60. The molecule has 0 saturated carbocycles. The molecule has 7 heteroatoms. The van der Waals surface area contributed by atoms with Crippen molar-refractivity contribution in [2.45, 2.75) is 73.3 Å². The predicted octanol–water partition coefficient (Wildman–Crippen LogP) is 6.50. The third kappa shape index (κ3) is 5.92. The van der Waals surface area contributed by atoms with E-state index < -0.39 is 35.0 Å². The fourth-order valence-electron chi connectivity index (χ4n) is 2.43. The van der Waals surface area contributed by atoms with E-state index in [1.54, 1.807) is 27.7 Å². The third-order valence-electron chi connectivity index (χ3n) is 4.01. The summed E-state index contributed by atoms with van der Waals surface area (Å²) in [6, 6.07) is 0. The zero-order valence-electron chi connectivity index (χ0n) is 14.7. The largest absolute Gasteiger partial charge is 0.476 e. The summed E-state index contributed by atoms with van der Waals surface area (Å²) in [5, 5.41) is 0. The molecule has 23 heavy (non-hydrogen) atoms. The molecule has 1 atom stereocenters. The zero-order valence-corrected chi connectivity index (χ0v) is 14.7. The van der Waals surface area contributed by atoms with Crippen molar-refractivity contribution in [2.24, 2.45) is 16.2 Å². The Morgan fingerprint density at radius 2 is 1.17 bits per heavy atom. The number of ether oxygens (including phenoxy) is 1. The first-order chi connectivity index (χ1) is 9.72. The molecule has 0 N–H and O–H groups in total. The van der Waals surface area contributed by atoms with Crippen LogP contribution in [0.4, 0.5) is 26.3 Å². The molecular formula is C16H26F6O. The Balaban J connectivity index is 5.74. The van der Waals surface area contributed by atoms with Crippen molar-refractivity contribution in [3.05, 3.63) is 12.3 Å². The number of hydrogen-bond acceptors (Lipinski definition) is 1. The van der Waals surface area contributed by atoms with Crippen LogP contribution in [0.2, 0.25) is 0 Å². The molecule has 0 radical (unpaired) electrons. The van der Waals surface area contributed by atoms with E-state index in [0.717, 1.165) is 0 Å². The van der Waals surface area contributed by atoms with Gasteiger partial charge in [0, 0.05) is 5.41 Å². The minimum atomic E-state index is -5.55. The normalized spacial score (nSPS) is 17.1. The van der Waals surface area contributed by atoms with Gasteiger partial charge in [-0.15, -0.1) is 0 Å². The Labute approximate surface area is 134 Å². The van der Waals surface area contributed by atoms with E-state index in [1.165, 1.54) is 0 Å². The van der Waals surface area contributed by atoms with E-state index in [1.807, 2.05) is 20.8 Å². The predicted molar refractivity (Wildman–Crippen MR) is 77.8 cm³/mol. The summed E-state index contributed by atoms with van der Waals surface area (Å²) in [6.45, 7) is 15.8. The Morgan fingerprint density at radius 1 is 0.826 bits per heavy atom. The van der Waals surface area contributed by atoms with Gasteiger partial charge >= 0.3 is 12.4 Å². The van der Waals surface area contributed by atoms with Gasteiger partial charge in [0.25, 0.3) is 6.10 Å². The highest BCUT2D eigenvalue weighted by Crippen LogP contribution is 2.52. The van der Waals surface area contributed by atoms with Crippen LogP contribution < -0.4 is 0 Å². The second-order valence-corrected chi connectivity index (χ2v) is 8.32. The molecule has 0 bridgehead atoms. The molecule has 0 amide bonds. The summed E-state index contributed by atoms with van der Waals surface area (Å²) in [6.07, 6.45) is -14.7. The van der Waals surface area contributed by atoms with E-state index in [9.17, 15) is 26.3 Å². The van der Waals surface area contributed by atoms with Crippen molar-refractivity contribution in [3.8, 4) is 0 Å². The van der Waals surface area contributed by atoms with Crippen molar-refractivity contribution < 1.29 is 31.1 Å². The van der Waals surface area contributed by atoms with Crippen LogP contribution in [0, 0.1) is 16.2 Å². The molecular weight excluding hydrogens is 322 g/mol. The van der Waals surface area contributed by atoms with Gasteiger partial charge in [0.05, 0.1) is 5.76 Å². The lowest BCUT2D eigenvalue weighted by molar-refractivity contribution is -0.317. The monoisotopic (exact) mass is 348 g/mol.